The Balaban J connectivity index is -0.0000000383. The minimum atomic E-state index is -2.33. The number of hydrogen-bond acceptors (Lipinski definition) is 7. The molecule has 0 saturated carbocycles. The van der Waals surface area contributed by atoms with Crippen LogP contribution in [0, 0.1) is 0 Å². The summed E-state index contributed by atoms with van der Waals surface area (Å²) in [6.45, 7) is 0. The summed E-state index contributed by atoms with van der Waals surface area (Å²) in [6.07, 6.45) is -4.38. The van der Waals surface area contributed by atoms with Crippen LogP contribution in [0.4, 0.5) is 9.59 Å². The topological polar surface area (TPSA) is 136 Å². The second-order valence-corrected chi connectivity index (χ2v) is 0.583. The van der Waals surface area contributed by atoms with Gasteiger partial charge < -0.3 is 35.1 Å². The third-order valence-corrected chi connectivity index (χ3v) is 0.0680. The van der Waals surface area contributed by atoms with Gasteiger partial charge in [0, 0.05) is 0 Å². The van der Waals surface area contributed by atoms with E-state index in [0.717, 1.165) is 0 Å². The van der Waals surface area contributed by atoms with Crippen molar-refractivity contribution in [2.75, 3.05) is 0 Å². The van der Waals surface area contributed by atoms with Gasteiger partial charge >= 0.3 is 39.0 Å². The average molecular weight is 267 g/mol. The van der Waals surface area contributed by atoms with Crippen LogP contribution in [0.5, 0.6) is 0 Å². The molecule has 0 aliphatic carbocycles. The second kappa shape index (κ2) is 16.4. The molecule has 0 saturated heterocycles. The van der Waals surface area contributed by atoms with Crippen LogP contribution in [-0.4, -0.2) is 12.3 Å². The molecule has 0 aromatic rings. The van der Waals surface area contributed by atoms with Gasteiger partial charge in [0.1, 0.15) is 0 Å². The van der Waals surface area contributed by atoms with Gasteiger partial charge in [-0.15, -0.1) is 0 Å². The van der Waals surface area contributed by atoms with Gasteiger partial charge in [-0.1, -0.05) is 0 Å². The molecule has 9 heteroatoms. The molecule has 0 aromatic heterocycles. The van der Waals surface area contributed by atoms with Crippen LogP contribution < -0.4 is 20.6 Å². The molecule has 0 aromatic carbocycles. The fourth-order valence-corrected chi connectivity index (χ4v) is 0. The summed E-state index contributed by atoms with van der Waals surface area (Å²) in [5.41, 5.74) is 0. The SMILES string of the molecule is O=C([O-])O[O-].O=C([O-])[O-].[Zn+2].[Zn+2]. The van der Waals surface area contributed by atoms with Crippen LogP contribution in [-0.2, 0) is 43.8 Å². The van der Waals surface area contributed by atoms with Gasteiger partial charge in [-0.25, -0.2) is 0 Å². The van der Waals surface area contributed by atoms with Gasteiger partial charge in [0.2, 0.25) is 6.16 Å². The molecule has 0 N–H and O–H groups in total. The van der Waals surface area contributed by atoms with Crippen molar-refractivity contribution in [3.8, 4) is 0 Å². The van der Waals surface area contributed by atoms with Crippen molar-refractivity contribution in [3.05, 3.63) is 0 Å². The molecule has 0 rings (SSSR count). The zero-order valence-corrected chi connectivity index (χ0v) is 11.2. The molecule has 0 heterocycles. The molecule has 0 atom stereocenters. The molecule has 0 radical (unpaired) electrons. The maximum Gasteiger partial charge on any atom is 2.00 e. The third-order valence-electron chi connectivity index (χ3n) is 0.0680. The largest absolute Gasteiger partial charge is 2.00 e. The first-order chi connectivity index (χ1) is 4.00. The number of carbonyl (C=O) groups excluding carboxylic acids is 2. The molecule has 54 valence electrons. The van der Waals surface area contributed by atoms with Crippen LogP contribution >= 0.6 is 0 Å². The minimum Gasteiger partial charge on any atom is -0.755 e. The third kappa shape index (κ3) is 192. The van der Waals surface area contributed by atoms with Crippen molar-refractivity contribution in [1.29, 1.82) is 0 Å². The summed E-state index contributed by atoms with van der Waals surface area (Å²) in [6, 6.07) is 0. The Morgan fingerprint density at radius 2 is 1.09 bits per heavy atom. The Morgan fingerprint density at radius 3 is 1.09 bits per heavy atom. The van der Waals surface area contributed by atoms with E-state index in [1.807, 2.05) is 0 Å². The van der Waals surface area contributed by atoms with Crippen LogP contribution in [0.1, 0.15) is 0 Å². The fourth-order valence-electron chi connectivity index (χ4n) is 0. The summed E-state index contributed by atoms with van der Waals surface area (Å²) in [5.74, 6) is 0. The van der Waals surface area contributed by atoms with E-state index in [4.69, 9.17) is 30.2 Å². The second-order valence-electron chi connectivity index (χ2n) is 0.583. The van der Waals surface area contributed by atoms with Crippen LogP contribution in [0.3, 0.4) is 0 Å². The van der Waals surface area contributed by atoms with Crippen molar-refractivity contribution < 1.29 is 74.0 Å². The Morgan fingerprint density at radius 1 is 1.00 bits per heavy atom. The smallest absolute Gasteiger partial charge is 0.755 e. The molecule has 0 bridgehead atoms. The van der Waals surface area contributed by atoms with Crippen molar-refractivity contribution in [3.63, 3.8) is 0 Å². The predicted octanol–water partition coefficient (Wildman–Crippen LogP) is -4.83. The van der Waals surface area contributed by atoms with Crippen LogP contribution in [0.15, 0.2) is 0 Å². The van der Waals surface area contributed by atoms with E-state index in [1.54, 1.807) is 0 Å². The van der Waals surface area contributed by atoms with E-state index < -0.39 is 12.3 Å². The molecule has 7 nitrogen and oxygen atoms in total. The summed E-state index contributed by atoms with van der Waals surface area (Å²) >= 11 is 0. The van der Waals surface area contributed by atoms with E-state index >= 15 is 0 Å². The van der Waals surface area contributed by atoms with Crippen molar-refractivity contribution in [2.45, 2.75) is 0 Å². The van der Waals surface area contributed by atoms with Gasteiger partial charge in [0.05, 0.1) is 0 Å². The summed E-state index contributed by atoms with van der Waals surface area (Å²) in [7, 11) is 0. The number of hydrogen-bond donors (Lipinski definition) is 0. The zero-order valence-electron chi connectivity index (χ0n) is 5.27. The summed E-state index contributed by atoms with van der Waals surface area (Å²) in [4.78, 5) is 19.4. The Bertz CT molecular complexity index is 98.6. The Labute approximate surface area is 86.4 Å². The first-order valence-electron chi connectivity index (χ1n) is 1.39. The van der Waals surface area contributed by atoms with E-state index in [1.165, 1.54) is 0 Å². The minimum absolute atomic E-state index is 0. The fraction of sp³-hybridized carbons (Fsp3) is 0. The van der Waals surface area contributed by atoms with Gasteiger partial charge in [-0.3, -0.25) is 0 Å². The summed E-state index contributed by atoms with van der Waals surface area (Å²) < 4.78 is 0. The molecule has 0 fully saturated rings. The first kappa shape index (κ1) is 22.4. The first-order valence-corrected chi connectivity index (χ1v) is 1.39. The van der Waals surface area contributed by atoms with Crippen molar-refractivity contribution in [2.24, 2.45) is 0 Å². The van der Waals surface area contributed by atoms with Gasteiger partial charge in [-0.05, 0) is 6.16 Å². The molecule has 0 aliphatic rings. The predicted molar refractivity (Wildman–Crippen MR) is 11.9 cm³/mol. The van der Waals surface area contributed by atoms with Gasteiger partial charge in [-0.2, -0.15) is 0 Å². The molecule has 0 spiro atoms. The van der Waals surface area contributed by atoms with Crippen molar-refractivity contribution in [1.82, 2.24) is 0 Å². The zero-order chi connectivity index (χ0) is 7.86. The summed E-state index contributed by atoms with van der Waals surface area (Å²) in [5, 5.41) is 33.9. The number of carbonyl (C=O) groups is 2. The van der Waals surface area contributed by atoms with Crippen LogP contribution in [0.2, 0.25) is 0 Å². The molecule has 0 amide bonds. The Hall–Kier alpha value is -0.253. The van der Waals surface area contributed by atoms with Gasteiger partial charge in [0.15, 0.2) is 0 Å². The standard InChI is InChI=1S/CH2O4.CH2O3.2Zn/c2-1(3)5-4;2-1(3)4;;/h4H,(H,2,3);(H2,2,3,4);;/q;;2*+2/p-4. The van der Waals surface area contributed by atoms with E-state index in [0.29, 0.717) is 0 Å². The van der Waals surface area contributed by atoms with Crippen LogP contribution in [0.25, 0.3) is 0 Å². The average Bonchev–Trinajstić information content (AvgIpc) is 1.65. The maximum atomic E-state index is 8.72. The maximum absolute atomic E-state index is 8.72. The molecular formula is C2O7Zn2. The Kier molecular flexibility index (Phi) is 33.4. The molecule has 11 heavy (non-hydrogen) atoms. The normalized spacial score (nSPS) is 5.18. The quantitative estimate of drug-likeness (QED) is 0.244. The molecule has 0 unspecified atom stereocenters. The van der Waals surface area contributed by atoms with Gasteiger partial charge in [0.25, 0.3) is 0 Å². The molecular weight excluding hydrogens is 267 g/mol. The van der Waals surface area contributed by atoms with E-state index in [2.05, 4.69) is 4.89 Å². The van der Waals surface area contributed by atoms with E-state index in [9.17, 15) is 0 Å². The number of carboxylic acid groups (broad SMARTS) is 3. The van der Waals surface area contributed by atoms with E-state index in [-0.39, 0.29) is 39.0 Å². The molecule has 0 aliphatic heterocycles. The monoisotopic (exact) mass is 264 g/mol. The number of rotatable bonds is 0. The van der Waals surface area contributed by atoms with Crippen molar-refractivity contribution >= 4 is 12.3 Å².